The van der Waals surface area contributed by atoms with Gasteiger partial charge in [-0.15, -0.1) is 5.10 Å². The molecule has 0 saturated carbocycles. The first kappa shape index (κ1) is 21.2. The van der Waals surface area contributed by atoms with E-state index in [1.807, 2.05) is 19.9 Å². The Morgan fingerprint density at radius 2 is 2.12 bits per heavy atom. The van der Waals surface area contributed by atoms with Crippen molar-refractivity contribution in [1.29, 1.82) is 0 Å². The Bertz CT molecular complexity index is 1270. The SMILES string of the molecule is Cc1cc(OCc2cnnn2-c2cccc(C(N)=O)c2)c(C)c2c1CC[C@H]1[C@H](C)C(=O)O[C@@H]21. The van der Waals surface area contributed by atoms with Gasteiger partial charge in [0, 0.05) is 17.0 Å². The van der Waals surface area contributed by atoms with E-state index in [9.17, 15) is 9.59 Å². The third-order valence-electron chi connectivity index (χ3n) is 6.95. The van der Waals surface area contributed by atoms with Crippen molar-refractivity contribution in [1.82, 2.24) is 15.0 Å². The molecule has 1 aliphatic carbocycles. The van der Waals surface area contributed by atoms with Gasteiger partial charge in [-0.3, -0.25) is 9.59 Å². The number of aryl methyl sites for hydroxylation is 1. The van der Waals surface area contributed by atoms with E-state index >= 15 is 0 Å². The number of ether oxygens (including phenoxy) is 2. The first-order valence-electron chi connectivity index (χ1n) is 11.1. The zero-order chi connectivity index (χ0) is 23.3. The lowest BCUT2D eigenvalue weighted by atomic mass is 9.74. The molecule has 0 bridgehead atoms. The highest BCUT2D eigenvalue weighted by atomic mass is 16.6. The lowest BCUT2D eigenvalue weighted by Gasteiger charge is -2.31. The summed E-state index contributed by atoms with van der Waals surface area (Å²) < 4.78 is 13.7. The summed E-state index contributed by atoms with van der Waals surface area (Å²) in [4.78, 5) is 23.8. The van der Waals surface area contributed by atoms with Gasteiger partial charge in [0.2, 0.25) is 5.91 Å². The number of esters is 1. The van der Waals surface area contributed by atoms with Crippen molar-refractivity contribution >= 4 is 11.9 Å². The number of amides is 1. The zero-order valence-electron chi connectivity index (χ0n) is 18.9. The van der Waals surface area contributed by atoms with Crippen molar-refractivity contribution < 1.29 is 19.1 Å². The van der Waals surface area contributed by atoms with Gasteiger partial charge in [0.15, 0.2) is 0 Å². The molecule has 1 amide bonds. The van der Waals surface area contributed by atoms with Crippen LogP contribution in [-0.2, 0) is 22.6 Å². The Labute approximate surface area is 191 Å². The molecule has 3 atom stereocenters. The van der Waals surface area contributed by atoms with E-state index in [0.29, 0.717) is 11.3 Å². The standard InChI is InChI=1S/C25H26N4O4/c1-13-9-21(15(3)22-19(13)7-8-20-14(2)25(31)33-23(20)22)32-12-18-11-27-28-29(18)17-6-4-5-16(10-17)24(26)30/h4-6,9-11,14,20,23H,7-8,12H2,1-3H3,(H2,26,30)/t14-,20-,23+/m0/s1. The van der Waals surface area contributed by atoms with Crippen molar-refractivity contribution in [3.63, 3.8) is 0 Å². The highest BCUT2D eigenvalue weighted by Crippen LogP contribution is 2.49. The normalized spacial score (nSPS) is 21.3. The molecule has 0 unspecified atom stereocenters. The summed E-state index contributed by atoms with van der Waals surface area (Å²) in [5.74, 6) is 0.260. The average molecular weight is 447 g/mol. The van der Waals surface area contributed by atoms with E-state index in [-0.39, 0.29) is 30.5 Å². The fourth-order valence-electron chi connectivity index (χ4n) is 5.09. The molecule has 2 aliphatic rings. The number of aromatic nitrogens is 3. The Balaban J connectivity index is 1.44. The number of hydrogen-bond acceptors (Lipinski definition) is 6. The third-order valence-corrected chi connectivity index (χ3v) is 6.95. The molecule has 2 heterocycles. The summed E-state index contributed by atoms with van der Waals surface area (Å²) in [5, 5.41) is 8.16. The van der Waals surface area contributed by atoms with E-state index in [0.717, 1.165) is 41.0 Å². The molecule has 8 nitrogen and oxygen atoms in total. The summed E-state index contributed by atoms with van der Waals surface area (Å²) in [6.45, 7) is 6.30. The number of carbonyl (C=O) groups is 2. The largest absolute Gasteiger partial charge is 0.487 e. The van der Waals surface area contributed by atoms with E-state index < -0.39 is 5.91 Å². The van der Waals surface area contributed by atoms with Gasteiger partial charge in [0.25, 0.3) is 0 Å². The second-order valence-corrected chi connectivity index (χ2v) is 8.90. The molecule has 1 aromatic heterocycles. The summed E-state index contributed by atoms with van der Waals surface area (Å²) in [6.07, 6.45) is 3.33. The summed E-state index contributed by atoms with van der Waals surface area (Å²) >= 11 is 0. The van der Waals surface area contributed by atoms with Crippen LogP contribution in [0.3, 0.4) is 0 Å². The number of primary amides is 1. The molecule has 2 aromatic carbocycles. The van der Waals surface area contributed by atoms with E-state index in [1.165, 1.54) is 5.56 Å². The molecule has 1 saturated heterocycles. The highest BCUT2D eigenvalue weighted by Gasteiger charge is 2.46. The van der Waals surface area contributed by atoms with Crippen LogP contribution in [0.2, 0.25) is 0 Å². The van der Waals surface area contributed by atoms with Crippen LogP contribution in [0.1, 0.15) is 57.8 Å². The molecule has 33 heavy (non-hydrogen) atoms. The van der Waals surface area contributed by atoms with Crippen LogP contribution >= 0.6 is 0 Å². The second kappa shape index (κ2) is 8.03. The molecule has 170 valence electrons. The monoisotopic (exact) mass is 446 g/mol. The van der Waals surface area contributed by atoms with Gasteiger partial charge in [-0.25, -0.2) is 4.68 Å². The Kier molecular flexibility index (Phi) is 5.15. The molecule has 0 radical (unpaired) electrons. The van der Waals surface area contributed by atoms with Crippen LogP contribution in [0.15, 0.2) is 36.5 Å². The molecule has 0 spiro atoms. The first-order chi connectivity index (χ1) is 15.8. The van der Waals surface area contributed by atoms with E-state index in [4.69, 9.17) is 15.2 Å². The first-order valence-corrected chi connectivity index (χ1v) is 11.1. The molecule has 2 N–H and O–H groups in total. The minimum absolute atomic E-state index is 0.0796. The maximum Gasteiger partial charge on any atom is 0.309 e. The fourth-order valence-corrected chi connectivity index (χ4v) is 5.09. The number of rotatable bonds is 5. The number of fused-ring (bicyclic) bond motifs is 3. The van der Waals surface area contributed by atoms with Gasteiger partial charge in [0.1, 0.15) is 24.2 Å². The Morgan fingerprint density at radius 3 is 2.91 bits per heavy atom. The van der Waals surface area contributed by atoms with Crippen LogP contribution in [-0.4, -0.2) is 26.9 Å². The summed E-state index contributed by atoms with van der Waals surface area (Å²) in [7, 11) is 0. The quantitative estimate of drug-likeness (QED) is 0.602. The van der Waals surface area contributed by atoms with E-state index in [1.54, 1.807) is 29.1 Å². The Hall–Kier alpha value is -3.68. The molecule has 8 heteroatoms. The van der Waals surface area contributed by atoms with Gasteiger partial charge >= 0.3 is 5.97 Å². The van der Waals surface area contributed by atoms with Crippen LogP contribution in [0.25, 0.3) is 5.69 Å². The average Bonchev–Trinajstić information content (AvgIpc) is 3.39. The van der Waals surface area contributed by atoms with Crippen molar-refractivity contribution in [3.8, 4) is 11.4 Å². The smallest absolute Gasteiger partial charge is 0.309 e. The van der Waals surface area contributed by atoms with Crippen molar-refractivity contribution in [2.45, 2.75) is 46.3 Å². The molecule has 1 fully saturated rings. The van der Waals surface area contributed by atoms with Gasteiger partial charge in [-0.2, -0.15) is 0 Å². The topological polar surface area (TPSA) is 109 Å². The van der Waals surface area contributed by atoms with Crippen molar-refractivity contribution in [3.05, 3.63) is 70.0 Å². The molecule has 3 aromatic rings. The number of nitrogens with zero attached hydrogens (tertiary/aromatic N) is 3. The van der Waals surface area contributed by atoms with Gasteiger partial charge < -0.3 is 15.2 Å². The number of nitrogens with two attached hydrogens (primary N) is 1. The number of benzene rings is 2. The maximum atomic E-state index is 12.3. The van der Waals surface area contributed by atoms with E-state index in [2.05, 4.69) is 23.3 Å². The number of hydrogen-bond donors (Lipinski definition) is 1. The predicted molar refractivity (Wildman–Crippen MR) is 120 cm³/mol. The van der Waals surface area contributed by atoms with Gasteiger partial charge in [0.05, 0.1) is 17.8 Å². The highest BCUT2D eigenvalue weighted by molar-refractivity contribution is 5.93. The van der Waals surface area contributed by atoms with Gasteiger partial charge in [-0.05, 0) is 67.6 Å². The molecule has 1 aliphatic heterocycles. The molecular formula is C25H26N4O4. The minimum atomic E-state index is -0.504. The van der Waals surface area contributed by atoms with Crippen LogP contribution < -0.4 is 10.5 Å². The minimum Gasteiger partial charge on any atom is -0.487 e. The predicted octanol–water partition coefficient (Wildman–Crippen LogP) is 3.36. The molecule has 5 rings (SSSR count). The lowest BCUT2D eigenvalue weighted by Crippen LogP contribution is -2.22. The fraction of sp³-hybridized carbons (Fsp3) is 0.360. The Morgan fingerprint density at radius 1 is 1.30 bits per heavy atom. The zero-order valence-corrected chi connectivity index (χ0v) is 18.9. The summed E-state index contributed by atoms with van der Waals surface area (Å²) in [6, 6.07) is 8.96. The second-order valence-electron chi connectivity index (χ2n) is 8.90. The van der Waals surface area contributed by atoms with Crippen LogP contribution in [0.4, 0.5) is 0 Å². The van der Waals surface area contributed by atoms with Crippen LogP contribution in [0, 0.1) is 25.7 Å². The lowest BCUT2D eigenvalue weighted by molar-refractivity contribution is -0.144. The summed E-state index contributed by atoms with van der Waals surface area (Å²) in [5.41, 5.74) is 11.7. The van der Waals surface area contributed by atoms with Crippen LogP contribution in [0.5, 0.6) is 5.75 Å². The third kappa shape index (κ3) is 3.55. The van der Waals surface area contributed by atoms with Crippen molar-refractivity contribution in [2.75, 3.05) is 0 Å². The van der Waals surface area contributed by atoms with Gasteiger partial charge in [-0.1, -0.05) is 18.2 Å². The molecular weight excluding hydrogens is 420 g/mol. The number of carbonyl (C=O) groups excluding carboxylic acids is 2. The maximum absolute atomic E-state index is 12.3. The van der Waals surface area contributed by atoms with Crippen molar-refractivity contribution in [2.24, 2.45) is 17.6 Å².